The molecule has 0 radical (unpaired) electrons. The van der Waals surface area contributed by atoms with Gasteiger partial charge < -0.3 is 9.88 Å². The molecule has 2 rings (SSSR count). The number of carbonyl (C=O) groups excluding carboxylic acids is 1. The number of nitrogens with zero attached hydrogens (tertiary/aromatic N) is 2. The first-order chi connectivity index (χ1) is 10.6. The van der Waals surface area contributed by atoms with Crippen LogP contribution in [0, 0.1) is 0 Å². The van der Waals surface area contributed by atoms with Crippen molar-refractivity contribution in [3.8, 4) is 0 Å². The van der Waals surface area contributed by atoms with Crippen LogP contribution in [-0.4, -0.2) is 15.5 Å². The summed E-state index contributed by atoms with van der Waals surface area (Å²) in [5.74, 6) is 0.0485. The Morgan fingerprint density at radius 1 is 1.27 bits per heavy atom. The second-order valence-corrected chi connectivity index (χ2v) is 5.83. The monoisotopic (exact) mass is 319 g/mol. The predicted octanol–water partition coefficient (Wildman–Crippen LogP) is 3.76. The maximum Gasteiger partial charge on any atom is 0.222 e. The average molecular weight is 320 g/mol. The molecule has 0 saturated carbocycles. The lowest BCUT2D eigenvalue weighted by atomic mass is 9.84. The van der Waals surface area contributed by atoms with Gasteiger partial charge >= 0.3 is 0 Å². The Morgan fingerprint density at radius 2 is 1.95 bits per heavy atom. The van der Waals surface area contributed by atoms with Crippen molar-refractivity contribution in [3.63, 3.8) is 0 Å². The summed E-state index contributed by atoms with van der Waals surface area (Å²) in [6, 6.07) is 7.72. The summed E-state index contributed by atoms with van der Waals surface area (Å²) in [6.45, 7) is 4.82. The highest BCUT2D eigenvalue weighted by molar-refractivity contribution is 6.30. The van der Waals surface area contributed by atoms with Crippen molar-refractivity contribution >= 4 is 17.5 Å². The van der Waals surface area contributed by atoms with E-state index in [1.54, 1.807) is 12.5 Å². The molecule has 1 aromatic carbocycles. The van der Waals surface area contributed by atoms with Crippen LogP contribution in [0.5, 0.6) is 0 Å². The second kappa shape index (κ2) is 7.45. The van der Waals surface area contributed by atoms with Gasteiger partial charge in [0.1, 0.15) is 0 Å². The summed E-state index contributed by atoms with van der Waals surface area (Å²) in [4.78, 5) is 16.3. The van der Waals surface area contributed by atoms with Crippen molar-refractivity contribution in [3.05, 3.63) is 53.6 Å². The Morgan fingerprint density at radius 3 is 2.50 bits per heavy atom. The van der Waals surface area contributed by atoms with Gasteiger partial charge in [0.05, 0.1) is 11.9 Å². The Labute approximate surface area is 136 Å². The van der Waals surface area contributed by atoms with Crippen LogP contribution in [-0.2, 0) is 16.9 Å². The highest BCUT2D eigenvalue weighted by Gasteiger charge is 2.29. The van der Waals surface area contributed by atoms with Crippen LogP contribution in [0.1, 0.15) is 38.7 Å². The van der Waals surface area contributed by atoms with Crippen molar-refractivity contribution in [1.29, 1.82) is 0 Å². The number of aryl methyl sites for hydroxylation is 1. The number of rotatable bonds is 7. The van der Waals surface area contributed by atoms with E-state index in [1.165, 1.54) is 0 Å². The van der Waals surface area contributed by atoms with Gasteiger partial charge in [-0.05, 0) is 30.5 Å². The number of imidazole rings is 1. The molecule has 0 spiro atoms. The fraction of sp³-hybridized carbons (Fsp3) is 0.412. The first kappa shape index (κ1) is 16.6. The molecule has 5 heteroatoms. The van der Waals surface area contributed by atoms with Crippen molar-refractivity contribution < 1.29 is 4.79 Å². The van der Waals surface area contributed by atoms with Crippen molar-refractivity contribution in [1.82, 2.24) is 14.9 Å². The third-order valence-electron chi connectivity index (χ3n) is 4.14. The lowest BCUT2D eigenvalue weighted by Crippen LogP contribution is -2.45. The van der Waals surface area contributed by atoms with Crippen LogP contribution in [0.15, 0.2) is 43.0 Å². The van der Waals surface area contributed by atoms with Crippen LogP contribution in [0.4, 0.5) is 0 Å². The fourth-order valence-corrected chi connectivity index (χ4v) is 2.78. The van der Waals surface area contributed by atoms with E-state index in [0.29, 0.717) is 18.0 Å². The molecular weight excluding hydrogens is 298 g/mol. The smallest absolute Gasteiger partial charge is 0.222 e. The summed E-state index contributed by atoms with van der Waals surface area (Å²) in [5, 5.41) is 3.92. The molecule has 22 heavy (non-hydrogen) atoms. The Hall–Kier alpha value is -1.81. The van der Waals surface area contributed by atoms with Gasteiger partial charge in [-0.3, -0.25) is 4.79 Å². The molecule has 0 saturated heterocycles. The fourth-order valence-electron chi connectivity index (χ4n) is 2.66. The van der Waals surface area contributed by atoms with E-state index >= 15 is 0 Å². The number of amides is 1. The zero-order valence-corrected chi connectivity index (χ0v) is 13.8. The predicted molar refractivity (Wildman–Crippen MR) is 88.7 cm³/mol. The number of benzene rings is 1. The quantitative estimate of drug-likeness (QED) is 0.844. The molecule has 0 fully saturated rings. The Balaban J connectivity index is 2.06. The molecule has 0 atom stereocenters. The van der Waals surface area contributed by atoms with E-state index in [9.17, 15) is 4.79 Å². The number of aromatic nitrogens is 2. The SMILES string of the molecule is CCC(CC)(NC(=O)CCn1ccnc1)c1ccc(Cl)cc1. The van der Waals surface area contributed by atoms with E-state index in [1.807, 2.05) is 35.0 Å². The second-order valence-electron chi connectivity index (χ2n) is 5.39. The molecule has 0 aliphatic heterocycles. The van der Waals surface area contributed by atoms with Crippen molar-refractivity contribution in [2.75, 3.05) is 0 Å². The van der Waals surface area contributed by atoms with Crippen LogP contribution < -0.4 is 5.32 Å². The first-order valence-corrected chi connectivity index (χ1v) is 8.00. The number of nitrogens with one attached hydrogen (secondary N) is 1. The maximum absolute atomic E-state index is 12.3. The van der Waals surface area contributed by atoms with Gasteiger partial charge in [0.2, 0.25) is 5.91 Å². The van der Waals surface area contributed by atoms with Crippen LogP contribution in [0.25, 0.3) is 0 Å². The summed E-state index contributed by atoms with van der Waals surface area (Å²) >= 11 is 5.96. The average Bonchev–Trinajstić information content (AvgIpc) is 3.05. The van der Waals surface area contributed by atoms with Gasteiger partial charge in [-0.25, -0.2) is 4.98 Å². The number of carbonyl (C=O) groups is 1. The van der Waals surface area contributed by atoms with E-state index in [-0.39, 0.29) is 11.4 Å². The lowest BCUT2D eigenvalue weighted by Gasteiger charge is -2.33. The lowest BCUT2D eigenvalue weighted by molar-refractivity contribution is -0.123. The molecule has 1 amide bonds. The first-order valence-electron chi connectivity index (χ1n) is 7.62. The van der Waals surface area contributed by atoms with Gasteiger partial charge in [0.25, 0.3) is 0 Å². The third-order valence-corrected chi connectivity index (χ3v) is 4.39. The summed E-state index contributed by atoms with van der Waals surface area (Å²) in [5.41, 5.74) is 0.759. The summed E-state index contributed by atoms with van der Waals surface area (Å²) < 4.78 is 1.90. The molecule has 0 aliphatic rings. The van der Waals surface area contributed by atoms with E-state index < -0.39 is 0 Å². The molecule has 4 nitrogen and oxygen atoms in total. The zero-order valence-electron chi connectivity index (χ0n) is 13.1. The maximum atomic E-state index is 12.3. The summed E-state index contributed by atoms with van der Waals surface area (Å²) in [6.07, 6.45) is 7.41. The van der Waals surface area contributed by atoms with Crippen molar-refractivity contribution in [2.45, 2.75) is 45.2 Å². The van der Waals surface area contributed by atoms with E-state index in [2.05, 4.69) is 24.1 Å². The van der Waals surface area contributed by atoms with Gasteiger partial charge in [0.15, 0.2) is 0 Å². The molecular formula is C17H22ClN3O. The van der Waals surface area contributed by atoms with E-state index in [0.717, 1.165) is 18.4 Å². The molecule has 1 N–H and O–H groups in total. The van der Waals surface area contributed by atoms with Gasteiger partial charge in [-0.1, -0.05) is 37.6 Å². The van der Waals surface area contributed by atoms with E-state index in [4.69, 9.17) is 11.6 Å². The van der Waals surface area contributed by atoms with Crippen LogP contribution in [0.3, 0.4) is 0 Å². The molecule has 0 bridgehead atoms. The number of halogens is 1. The molecule has 118 valence electrons. The molecule has 0 aliphatic carbocycles. The zero-order chi connectivity index (χ0) is 16.0. The minimum atomic E-state index is -0.337. The van der Waals surface area contributed by atoms with Gasteiger partial charge in [-0.2, -0.15) is 0 Å². The van der Waals surface area contributed by atoms with Gasteiger partial charge in [-0.15, -0.1) is 0 Å². The molecule has 1 aromatic heterocycles. The highest BCUT2D eigenvalue weighted by atomic mass is 35.5. The Bertz CT molecular complexity index is 589. The minimum Gasteiger partial charge on any atom is -0.347 e. The molecule has 2 aromatic rings. The number of hydrogen-bond donors (Lipinski definition) is 1. The molecule has 1 heterocycles. The normalized spacial score (nSPS) is 11.4. The number of hydrogen-bond acceptors (Lipinski definition) is 2. The topological polar surface area (TPSA) is 46.9 Å². The third kappa shape index (κ3) is 3.89. The minimum absolute atomic E-state index is 0.0485. The molecule has 0 unspecified atom stereocenters. The van der Waals surface area contributed by atoms with Crippen molar-refractivity contribution in [2.24, 2.45) is 0 Å². The van der Waals surface area contributed by atoms with Gasteiger partial charge in [0, 0.05) is 30.4 Å². The van der Waals surface area contributed by atoms with Crippen LogP contribution in [0.2, 0.25) is 5.02 Å². The highest BCUT2D eigenvalue weighted by Crippen LogP contribution is 2.29. The largest absolute Gasteiger partial charge is 0.347 e. The Kier molecular flexibility index (Phi) is 5.61. The summed E-state index contributed by atoms with van der Waals surface area (Å²) in [7, 11) is 0. The standard InChI is InChI=1S/C17H22ClN3O/c1-3-17(4-2,14-5-7-15(18)8-6-14)20-16(22)9-11-21-12-10-19-13-21/h5-8,10,12-13H,3-4,9,11H2,1-2H3,(H,20,22). The van der Waals surface area contributed by atoms with Crippen LogP contribution >= 0.6 is 11.6 Å².